The average molecular weight is 315 g/mol. The molecule has 0 amide bonds. The van der Waals surface area contributed by atoms with E-state index >= 15 is 0 Å². The number of nitrogens with two attached hydrogens (primary N) is 1. The fourth-order valence-electron chi connectivity index (χ4n) is 2.36. The van der Waals surface area contributed by atoms with E-state index in [0.29, 0.717) is 23.0 Å². The number of piperidine rings is 1. The number of aliphatic hydroxyl groups excluding tert-OH is 1. The van der Waals surface area contributed by atoms with Crippen molar-refractivity contribution in [1.82, 2.24) is 4.98 Å². The van der Waals surface area contributed by atoms with Crippen molar-refractivity contribution in [3.8, 4) is 0 Å². The molecule has 1 aliphatic rings. The van der Waals surface area contributed by atoms with E-state index in [9.17, 15) is 0 Å². The van der Waals surface area contributed by atoms with Gasteiger partial charge in [-0.05, 0) is 18.9 Å². The number of pyridine rings is 1. The number of aliphatic hydroxyl groups is 1. The van der Waals surface area contributed by atoms with Gasteiger partial charge < -0.3 is 25.7 Å². The minimum absolute atomic E-state index is 0.0371. The Labute approximate surface area is 128 Å². The monoisotopic (exact) mass is 314 g/mol. The number of aromatic nitrogens is 1. The van der Waals surface area contributed by atoms with Crippen molar-refractivity contribution in [3.63, 3.8) is 0 Å². The molecule has 1 saturated heterocycles. The van der Waals surface area contributed by atoms with Crippen molar-refractivity contribution in [2.45, 2.75) is 18.9 Å². The van der Waals surface area contributed by atoms with Crippen LogP contribution < -0.4 is 10.6 Å². The molecule has 2 rings (SSSR count). The molecule has 0 unspecified atom stereocenters. The van der Waals surface area contributed by atoms with Crippen LogP contribution in [0.5, 0.6) is 0 Å². The molecule has 0 aliphatic carbocycles. The normalized spacial score (nSPS) is 17.2. The number of oxime groups is 1. The molecule has 0 aromatic carbocycles. The molecule has 0 radical (unpaired) electrons. The molecule has 21 heavy (non-hydrogen) atoms. The Balaban J connectivity index is 2.07. The van der Waals surface area contributed by atoms with E-state index in [1.54, 1.807) is 12.3 Å². The van der Waals surface area contributed by atoms with E-state index < -0.39 is 0 Å². The standard InChI is InChI=1S/C13H19ClN4O3/c14-11-10(12(15)17-20)1-4-16-13(11)18-5-2-9(3-6-18)21-8-7-19/h1,4,9,19-20H,2-3,5-8H2,(H2,15,17). The highest BCUT2D eigenvalue weighted by molar-refractivity contribution is 6.36. The summed E-state index contributed by atoms with van der Waals surface area (Å²) in [6.45, 7) is 1.91. The van der Waals surface area contributed by atoms with Crippen molar-refractivity contribution >= 4 is 23.3 Å². The number of ether oxygens (including phenoxy) is 1. The quantitative estimate of drug-likeness (QED) is 0.321. The van der Waals surface area contributed by atoms with Gasteiger partial charge in [0.15, 0.2) is 5.84 Å². The predicted octanol–water partition coefficient (Wildman–Crippen LogP) is 0.807. The number of nitrogens with zero attached hydrogens (tertiary/aromatic N) is 3. The largest absolute Gasteiger partial charge is 0.409 e. The number of halogens is 1. The molecule has 2 heterocycles. The first-order valence-corrected chi connectivity index (χ1v) is 7.15. The van der Waals surface area contributed by atoms with Crippen molar-refractivity contribution in [3.05, 3.63) is 22.8 Å². The van der Waals surface area contributed by atoms with Crippen molar-refractivity contribution < 1.29 is 15.1 Å². The Kier molecular flexibility index (Phi) is 5.60. The van der Waals surface area contributed by atoms with Crippen LogP contribution in [-0.2, 0) is 4.74 Å². The first-order chi connectivity index (χ1) is 10.2. The Hall–Kier alpha value is -1.57. The third-order valence-corrected chi connectivity index (χ3v) is 3.81. The molecule has 0 bridgehead atoms. The van der Waals surface area contributed by atoms with Gasteiger partial charge in [0.1, 0.15) is 5.82 Å². The summed E-state index contributed by atoms with van der Waals surface area (Å²) in [6, 6.07) is 1.61. The summed E-state index contributed by atoms with van der Waals surface area (Å²) in [6.07, 6.45) is 3.42. The first-order valence-electron chi connectivity index (χ1n) is 6.77. The van der Waals surface area contributed by atoms with Crippen LogP contribution >= 0.6 is 11.6 Å². The van der Waals surface area contributed by atoms with Crippen molar-refractivity contribution in [2.75, 3.05) is 31.2 Å². The molecule has 7 nitrogen and oxygen atoms in total. The third kappa shape index (κ3) is 3.75. The number of hydrogen-bond donors (Lipinski definition) is 3. The summed E-state index contributed by atoms with van der Waals surface area (Å²) in [7, 11) is 0. The predicted molar refractivity (Wildman–Crippen MR) is 80.0 cm³/mol. The van der Waals surface area contributed by atoms with Gasteiger partial charge in [-0.3, -0.25) is 0 Å². The molecule has 1 aliphatic heterocycles. The topological polar surface area (TPSA) is 104 Å². The van der Waals surface area contributed by atoms with E-state index in [1.165, 1.54) is 0 Å². The number of amidine groups is 1. The Morgan fingerprint density at radius 2 is 2.24 bits per heavy atom. The lowest BCUT2D eigenvalue weighted by Crippen LogP contribution is -2.38. The fraction of sp³-hybridized carbons (Fsp3) is 0.538. The minimum atomic E-state index is -0.0372. The molecule has 1 fully saturated rings. The van der Waals surface area contributed by atoms with Gasteiger partial charge in [0, 0.05) is 24.8 Å². The SMILES string of the molecule is N/C(=N/O)c1ccnc(N2CCC(OCCO)CC2)c1Cl. The summed E-state index contributed by atoms with van der Waals surface area (Å²) in [5.74, 6) is 0.589. The molecule has 0 atom stereocenters. The molecular weight excluding hydrogens is 296 g/mol. The fourth-order valence-corrected chi connectivity index (χ4v) is 2.69. The second-order valence-corrected chi connectivity index (χ2v) is 5.14. The maximum atomic E-state index is 8.76. The van der Waals surface area contributed by atoms with Crippen LogP contribution in [0.1, 0.15) is 18.4 Å². The summed E-state index contributed by atoms with van der Waals surface area (Å²) in [4.78, 5) is 6.34. The van der Waals surface area contributed by atoms with Gasteiger partial charge in [0.2, 0.25) is 0 Å². The lowest BCUT2D eigenvalue weighted by Gasteiger charge is -2.33. The summed E-state index contributed by atoms with van der Waals surface area (Å²) in [5, 5.41) is 20.9. The zero-order chi connectivity index (χ0) is 15.2. The molecule has 8 heteroatoms. The highest BCUT2D eigenvalue weighted by Gasteiger charge is 2.23. The van der Waals surface area contributed by atoms with E-state index in [-0.39, 0.29) is 18.5 Å². The van der Waals surface area contributed by atoms with Crippen LogP contribution in [0, 0.1) is 0 Å². The zero-order valence-corrected chi connectivity index (χ0v) is 12.3. The molecule has 1 aromatic rings. The lowest BCUT2D eigenvalue weighted by atomic mass is 10.1. The first kappa shape index (κ1) is 15.8. The molecule has 1 aromatic heterocycles. The van der Waals surface area contributed by atoms with Crippen LogP contribution in [0.15, 0.2) is 17.4 Å². The minimum Gasteiger partial charge on any atom is -0.409 e. The highest BCUT2D eigenvalue weighted by atomic mass is 35.5. The summed E-state index contributed by atoms with van der Waals surface area (Å²) in [5.41, 5.74) is 6.06. The molecule has 0 saturated carbocycles. The van der Waals surface area contributed by atoms with Crippen LogP contribution in [0.2, 0.25) is 5.02 Å². The number of rotatable bonds is 5. The Morgan fingerprint density at radius 1 is 1.52 bits per heavy atom. The summed E-state index contributed by atoms with van der Waals surface area (Å²) >= 11 is 6.30. The van der Waals surface area contributed by atoms with Gasteiger partial charge in [-0.1, -0.05) is 16.8 Å². The zero-order valence-electron chi connectivity index (χ0n) is 11.6. The number of hydrogen-bond acceptors (Lipinski definition) is 6. The molecule has 4 N–H and O–H groups in total. The lowest BCUT2D eigenvalue weighted by molar-refractivity contribution is 0.0158. The van der Waals surface area contributed by atoms with E-state index in [4.69, 9.17) is 32.4 Å². The smallest absolute Gasteiger partial charge is 0.171 e. The Bertz CT molecular complexity index is 504. The van der Waals surface area contributed by atoms with Crippen LogP contribution in [0.4, 0.5) is 5.82 Å². The molecule has 0 spiro atoms. The second-order valence-electron chi connectivity index (χ2n) is 4.76. The van der Waals surface area contributed by atoms with E-state index in [1.807, 2.05) is 0 Å². The average Bonchev–Trinajstić information content (AvgIpc) is 2.53. The van der Waals surface area contributed by atoms with E-state index in [2.05, 4.69) is 15.0 Å². The Morgan fingerprint density at radius 3 is 2.86 bits per heavy atom. The van der Waals surface area contributed by atoms with E-state index in [0.717, 1.165) is 25.9 Å². The van der Waals surface area contributed by atoms with Gasteiger partial charge in [0.05, 0.1) is 24.3 Å². The number of anilines is 1. The van der Waals surface area contributed by atoms with Gasteiger partial charge in [-0.25, -0.2) is 4.98 Å². The van der Waals surface area contributed by atoms with Crippen LogP contribution in [0.25, 0.3) is 0 Å². The van der Waals surface area contributed by atoms with Gasteiger partial charge >= 0.3 is 0 Å². The van der Waals surface area contributed by atoms with Gasteiger partial charge in [-0.15, -0.1) is 0 Å². The van der Waals surface area contributed by atoms with Crippen LogP contribution in [-0.4, -0.2) is 53.5 Å². The third-order valence-electron chi connectivity index (χ3n) is 3.44. The van der Waals surface area contributed by atoms with Gasteiger partial charge in [-0.2, -0.15) is 0 Å². The second kappa shape index (κ2) is 7.44. The van der Waals surface area contributed by atoms with Crippen molar-refractivity contribution in [2.24, 2.45) is 10.9 Å². The maximum absolute atomic E-state index is 8.76. The van der Waals surface area contributed by atoms with Crippen LogP contribution in [0.3, 0.4) is 0 Å². The molecule has 116 valence electrons. The summed E-state index contributed by atoms with van der Waals surface area (Å²) < 4.78 is 5.52. The highest BCUT2D eigenvalue weighted by Crippen LogP contribution is 2.29. The molecular formula is C13H19ClN4O3. The maximum Gasteiger partial charge on any atom is 0.171 e. The van der Waals surface area contributed by atoms with Crippen molar-refractivity contribution in [1.29, 1.82) is 0 Å². The van der Waals surface area contributed by atoms with Gasteiger partial charge in [0.25, 0.3) is 0 Å².